The minimum atomic E-state index is -0.752. The zero-order chi connectivity index (χ0) is 14.5. The highest BCUT2D eigenvalue weighted by molar-refractivity contribution is 5.66. The first-order valence-corrected chi connectivity index (χ1v) is 6.83. The molecule has 0 saturated heterocycles. The summed E-state index contributed by atoms with van der Waals surface area (Å²) in [5.74, 6) is -0.752. The Bertz CT molecular complexity index is 433. The average molecular weight is 263 g/mol. The summed E-state index contributed by atoms with van der Waals surface area (Å²) in [4.78, 5) is 10.4. The standard InChI is InChI=1S/C16H25NO2/c1-12-11-14(16(2,3)4)6-5-13(12)7-9-17-10-8-15(18)19/h5-6,11,17H,7-10H2,1-4H3,(H,18,19). The molecule has 0 aliphatic rings. The molecular weight excluding hydrogens is 238 g/mol. The van der Waals surface area contributed by atoms with E-state index >= 15 is 0 Å². The maximum absolute atomic E-state index is 10.4. The number of hydrogen-bond donors (Lipinski definition) is 2. The number of rotatable bonds is 6. The molecule has 1 rings (SSSR count). The lowest BCUT2D eigenvalue weighted by molar-refractivity contribution is -0.136. The molecular formula is C16H25NO2. The van der Waals surface area contributed by atoms with Crippen LogP contribution in [0.3, 0.4) is 0 Å². The smallest absolute Gasteiger partial charge is 0.304 e. The lowest BCUT2D eigenvalue weighted by Gasteiger charge is -2.20. The maximum atomic E-state index is 10.4. The van der Waals surface area contributed by atoms with Gasteiger partial charge in [0.2, 0.25) is 0 Å². The van der Waals surface area contributed by atoms with Crippen LogP contribution >= 0.6 is 0 Å². The molecule has 3 heteroatoms. The zero-order valence-corrected chi connectivity index (χ0v) is 12.4. The fraction of sp³-hybridized carbons (Fsp3) is 0.562. The van der Waals surface area contributed by atoms with E-state index in [1.165, 1.54) is 16.7 Å². The Kier molecular flexibility index (Phi) is 5.55. The van der Waals surface area contributed by atoms with Crippen molar-refractivity contribution in [3.63, 3.8) is 0 Å². The molecule has 0 fully saturated rings. The Labute approximate surface area is 116 Å². The van der Waals surface area contributed by atoms with Crippen molar-refractivity contribution >= 4 is 5.97 Å². The summed E-state index contributed by atoms with van der Waals surface area (Å²) in [5.41, 5.74) is 4.18. The number of hydrogen-bond acceptors (Lipinski definition) is 2. The zero-order valence-electron chi connectivity index (χ0n) is 12.4. The lowest BCUT2D eigenvalue weighted by Crippen LogP contribution is -2.21. The molecule has 0 saturated carbocycles. The van der Waals surface area contributed by atoms with Gasteiger partial charge < -0.3 is 10.4 Å². The van der Waals surface area contributed by atoms with Gasteiger partial charge in [-0.1, -0.05) is 39.0 Å². The molecule has 0 aliphatic heterocycles. The fourth-order valence-corrected chi connectivity index (χ4v) is 1.99. The quantitative estimate of drug-likeness (QED) is 0.776. The topological polar surface area (TPSA) is 49.3 Å². The first kappa shape index (κ1) is 15.7. The third kappa shape index (κ3) is 5.43. The van der Waals surface area contributed by atoms with Gasteiger partial charge in [-0.15, -0.1) is 0 Å². The van der Waals surface area contributed by atoms with Crippen LogP contribution in [0.5, 0.6) is 0 Å². The largest absolute Gasteiger partial charge is 0.481 e. The van der Waals surface area contributed by atoms with E-state index < -0.39 is 5.97 Å². The van der Waals surface area contributed by atoms with Crippen molar-refractivity contribution in [2.24, 2.45) is 0 Å². The number of aryl methyl sites for hydroxylation is 1. The second kappa shape index (κ2) is 6.71. The molecule has 0 bridgehead atoms. The molecule has 1 aromatic carbocycles. The predicted molar refractivity (Wildman–Crippen MR) is 78.7 cm³/mol. The minimum Gasteiger partial charge on any atom is -0.481 e. The maximum Gasteiger partial charge on any atom is 0.304 e. The van der Waals surface area contributed by atoms with E-state index in [1.807, 2.05) is 0 Å². The van der Waals surface area contributed by atoms with E-state index in [9.17, 15) is 4.79 Å². The molecule has 2 N–H and O–H groups in total. The normalized spacial score (nSPS) is 11.6. The summed E-state index contributed by atoms with van der Waals surface area (Å²) in [6, 6.07) is 6.64. The second-order valence-electron chi connectivity index (χ2n) is 6.04. The van der Waals surface area contributed by atoms with Gasteiger partial charge in [0, 0.05) is 6.54 Å². The van der Waals surface area contributed by atoms with E-state index in [4.69, 9.17) is 5.11 Å². The van der Waals surface area contributed by atoms with Gasteiger partial charge in [0.15, 0.2) is 0 Å². The van der Waals surface area contributed by atoms with Gasteiger partial charge in [-0.05, 0) is 42.0 Å². The molecule has 0 amide bonds. The first-order valence-electron chi connectivity index (χ1n) is 6.83. The van der Waals surface area contributed by atoms with Gasteiger partial charge in [0.1, 0.15) is 0 Å². The molecule has 1 aromatic rings. The van der Waals surface area contributed by atoms with Crippen LogP contribution in [0.15, 0.2) is 18.2 Å². The highest BCUT2D eigenvalue weighted by Gasteiger charge is 2.14. The van der Waals surface area contributed by atoms with Crippen LogP contribution < -0.4 is 5.32 Å². The van der Waals surface area contributed by atoms with Crippen molar-refractivity contribution in [3.05, 3.63) is 34.9 Å². The third-order valence-corrected chi connectivity index (χ3v) is 3.30. The highest BCUT2D eigenvalue weighted by atomic mass is 16.4. The van der Waals surface area contributed by atoms with Crippen molar-refractivity contribution in [3.8, 4) is 0 Å². The monoisotopic (exact) mass is 263 g/mol. The number of carboxylic acid groups (broad SMARTS) is 1. The second-order valence-corrected chi connectivity index (χ2v) is 6.04. The van der Waals surface area contributed by atoms with Gasteiger partial charge >= 0.3 is 5.97 Å². The van der Waals surface area contributed by atoms with E-state index in [2.05, 4.69) is 51.2 Å². The SMILES string of the molecule is Cc1cc(C(C)(C)C)ccc1CCNCCC(=O)O. The molecule has 0 atom stereocenters. The van der Waals surface area contributed by atoms with Crippen LogP contribution in [-0.2, 0) is 16.6 Å². The van der Waals surface area contributed by atoms with Gasteiger partial charge in [-0.2, -0.15) is 0 Å². The van der Waals surface area contributed by atoms with Crippen LogP contribution in [0.25, 0.3) is 0 Å². The third-order valence-electron chi connectivity index (χ3n) is 3.30. The summed E-state index contributed by atoms with van der Waals surface area (Å²) in [6.07, 6.45) is 1.12. The van der Waals surface area contributed by atoms with Crippen LogP contribution in [0.4, 0.5) is 0 Å². The molecule has 3 nitrogen and oxygen atoms in total. The summed E-state index contributed by atoms with van der Waals surface area (Å²) < 4.78 is 0. The summed E-state index contributed by atoms with van der Waals surface area (Å²) in [6.45, 7) is 10.2. The van der Waals surface area contributed by atoms with Crippen LogP contribution in [0.2, 0.25) is 0 Å². The van der Waals surface area contributed by atoms with Crippen molar-refractivity contribution in [2.45, 2.75) is 46.0 Å². The fourth-order valence-electron chi connectivity index (χ4n) is 1.99. The number of nitrogens with one attached hydrogen (secondary N) is 1. The molecule has 106 valence electrons. The summed E-state index contributed by atoms with van der Waals surface area (Å²) >= 11 is 0. The summed E-state index contributed by atoms with van der Waals surface area (Å²) in [5, 5.41) is 11.7. The predicted octanol–water partition coefficient (Wildman–Crippen LogP) is 2.90. The van der Waals surface area contributed by atoms with Crippen LogP contribution in [0.1, 0.15) is 43.9 Å². The van der Waals surface area contributed by atoms with Gasteiger partial charge in [0.25, 0.3) is 0 Å². The molecule has 0 radical (unpaired) electrons. The number of benzene rings is 1. The van der Waals surface area contributed by atoms with Gasteiger partial charge in [-0.25, -0.2) is 0 Å². The van der Waals surface area contributed by atoms with Crippen LogP contribution in [-0.4, -0.2) is 24.2 Å². The molecule has 0 heterocycles. The molecule has 0 aliphatic carbocycles. The van der Waals surface area contributed by atoms with Gasteiger partial charge in [0.05, 0.1) is 6.42 Å². The van der Waals surface area contributed by atoms with Gasteiger partial charge in [-0.3, -0.25) is 4.79 Å². The van der Waals surface area contributed by atoms with E-state index in [0.29, 0.717) is 6.54 Å². The Morgan fingerprint density at radius 3 is 2.47 bits per heavy atom. The molecule has 19 heavy (non-hydrogen) atoms. The van der Waals surface area contributed by atoms with Crippen LogP contribution in [0, 0.1) is 6.92 Å². The van der Waals surface area contributed by atoms with Crippen molar-refractivity contribution < 1.29 is 9.90 Å². The van der Waals surface area contributed by atoms with E-state index in [0.717, 1.165) is 13.0 Å². The Morgan fingerprint density at radius 1 is 1.26 bits per heavy atom. The van der Waals surface area contributed by atoms with E-state index in [-0.39, 0.29) is 11.8 Å². The minimum absolute atomic E-state index is 0.182. The van der Waals surface area contributed by atoms with Crippen molar-refractivity contribution in [2.75, 3.05) is 13.1 Å². The highest BCUT2D eigenvalue weighted by Crippen LogP contribution is 2.24. The van der Waals surface area contributed by atoms with E-state index in [1.54, 1.807) is 0 Å². The first-order chi connectivity index (χ1) is 8.80. The average Bonchev–Trinajstić information content (AvgIpc) is 2.28. The number of carbonyl (C=O) groups is 1. The number of carboxylic acids is 1. The lowest BCUT2D eigenvalue weighted by atomic mass is 9.85. The number of aliphatic carboxylic acids is 1. The Balaban J connectivity index is 2.49. The molecule has 0 unspecified atom stereocenters. The summed E-state index contributed by atoms with van der Waals surface area (Å²) in [7, 11) is 0. The van der Waals surface area contributed by atoms with Crippen molar-refractivity contribution in [1.82, 2.24) is 5.32 Å². The Hall–Kier alpha value is -1.35. The van der Waals surface area contributed by atoms with Crippen molar-refractivity contribution in [1.29, 1.82) is 0 Å². The molecule has 0 aromatic heterocycles. The Morgan fingerprint density at radius 2 is 1.95 bits per heavy atom. The molecule has 0 spiro atoms.